The van der Waals surface area contributed by atoms with Crippen molar-refractivity contribution in [2.45, 2.75) is 52.7 Å². The molecule has 2 atom stereocenters. The molecule has 1 aliphatic rings. The van der Waals surface area contributed by atoms with E-state index in [1.165, 1.54) is 13.8 Å². The van der Waals surface area contributed by atoms with Crippen molar-refractivity contribution in [1.29, 1.82) is 0 Å². The van der Waals surface area contributed by atoms with Crippen LogP contribution >= 0.6 is 0 Å². The van der Waals surface area contributed by atoms with E-state index in [1.54, 1.807) is 24.3 Å². The Morgan fingerprint density at radius 1 is 1.27 bits per heavy atom. The van der Waals surface area contributed by atoms with Crippen LogP contribution in [0.3, 0.4) is 0 Å². The van der Waals surface area contributed by atoms with E-state index in [9.17, 15) is 19.5 Å². The molecule has 1 amide bonds. The molecule has 1 saturated heterocycles. The van der Waals surface area contributed by atoms with E-state index in [-0.39, 0.29) is 41.6 Å². The van der Waals surface area contributed by atoms with E-state index in [1.807, 2.05) is 13.8 Å². The lowest BCUT2D eigenvalue weighted by Crippen LogP contribution is -2.38. The number of carbonyl (C=O) groups is 1. The van der Waals surface area contributed by atoms with Gasteiger partial charge in [-0.25, -0.2) is 4.79 Å². The Balaban J connectivity index is 0.00000149. The average Bonchev–Trinajstić information content (AvgIpc) is 3.46. The maximum atomic E-state index is 12.5. The first-order chi connectivity index (χ1) is 15.8. The third-order valence-corrected chi connectivity index (χ3v) is 5.12. The number of amides is 1. The molecule has 0 aliphatic carbocycles. The van der Waals surface area contributed by atoms with Crippen LogP contribution in [-0.4, -0.2) is 37.3 Å². The van der Waals surface area contributed by atoms with Gasteiger partial charge in [0.2, 0.25) is 11.8 Å². The molecule has 176 valence electrons. The molecule has 0 saturated carbocycles. The summed E-state index contributed by atoms with van der Waals surface area (Å²) in [5, 5.41) is 15.8. The molecule has 0 bridgehead atoms. The Labute approximate surface area is 189 Å². The maximum Gasteiger partial charge on any atom is 0.330 e. The topological polar surface area (TPSA) is 152 Å². The van der Waals surface area contributed by atoms with Gasteiger partial charge in [0.1, 0.15) is 18.1 Å². The van der Waals surface area contributed by atoms with Crippen LogP contribution in [0.5, 0.6) is 5.75 Å². The summed E-state index contributed by atoms with van der Waals surface area (Å²) >= 11 is 0. The molecule has 33 heavy (non-hydrogen) atoms. The standard InChI is InChI=1S/C20H21N5O6.C2H6/c1-10-17(21-11(2)26)23-20(29)25(19(10)28)8-16-22-18(24-31-16)13-7-15(30-9-13)12-3-5-14(27)6-4-12;1-2/h3-6,13,15,27H,7-9H2,1-2H3,(H,21,26)(H,23,29);1-2H3/t13-,15+;/m0./s1. The van der Waals surface area contributed by atoms with Gasteiger partial charge in [-0.2, -0.15) is 4.98 Å². The molecule has 0 unspecified atom stereocenters. The smallest absolute Gasteiger partial charge is 0.330 e. The van der Waals surface area contributed by atoms with Crippen LogP contribution in [0.1, 0.15) is 62.1 Å². The summed E-state index contributed by atoms with van der Waals surface area (Å²) in [6, 6.07) is 6.81. The van der Waals surface area contributed by atoms with E-state index in [2.05, 4.69) is 20.4 Å². The first-order valence-electron chi connectivity index (χ1n) is 10.7. The highest BCUT2D eigenvalue weighted by Gasteiger charge is 2.31. The fourth-order valence-electron chi connectivity index (χ4n) is 3.48. The van der Waals surface area contributed by atoms with Crippen LogP contribution in [0, 0.1) is 6.92 Å². The van der Waals surface area contributed by atoms with Crippen molar-refractivity contribution in [3.63, 3.8) is 0 Å². The SMILES string of the molecule is CC.CC(=O)Nc1[nH]c(=O)n(Cc2nc([C@@H]3CO[C@@H](c4ccc(O)cc4)C3)no2)c(=O)c1C. The number of ether oxygens (including phenoxy) is 1. The number of nitrogens with one attached hydrogen (secondary N) is 2. The summed E-state index contributed by atoms with van der Waals surface area (Å²) in [5.41, 5.74) is -0.133. The number of H-pyrrole nitrogens is 1. The van der Waals surface area contributed by atoms with Gasteiger partial charge in [0, 0.05) is 12.8 Å². The number of rotatable bonds is 5. The molecule has 0 spiro atoms. The Kier molecular flexibility index (Phi) is 7.44. The first kappa shape index (κ1) is 23.9. The summed E-state index contributed by atoms with van der Waals surface area (Å²) in [5.74, 6) is 0.298. The van der Waals surface area contributed by atoms with Crippen molar-refractivity contribution < 1.29 is 19.2 Å². The highest BCUT2D eigenvalue weighted by molar-refractivity contribution is 5.88. The zero-order valence-corrected chi connectivity index (χ0v) is 18.9. The predicted molar refractivity (Wildman–Crippen MR) is 119 cm³/mol. The molecule has 11 nitrogen and oxygen atoms in total. The van der Waals surface area contributed by atoms with E-state index < -0.39 is 17.2 Å². The number of aromatic nitrogens is 4. The molecule has 1 fully saturated rings. The quantitative estimate of drug-likeness (QED) is 0.527. The summed E-state index contributed by atoms with van der Waals surface area (Å²) in [6.07, 6.45) is 0.483. The number of hydrogen-bond donors (Lipinski definition) is 3. The molecular weight excluding hydrogens is 430 g/mol. The number of anilines is 1. The highest BCUT2D eigenvalue weighted by atomic mass is 16.5. The van der Waals surface area contributed by atoms with E-state index in [0.717, 1.165) is 10.1 Å². The predicted octanol–water partition coefficient (Wildman–Crippen LogP) is 2.21. The second-order valence-electron chi connectivity index (χ2n) is 7.40. The number of carbonyl (C=O) groups excluding carboxylic acids is 1. The number of benzene rings is 1. The zero-order valence-electron chi connectivity index (χ0n) is 18.9. The van der Waals surface area contributed by atoms with Crippen molar-refractivity contribution in [2.75, 3.05) is 11.9 Å². The minimum Gasteiger partial charge on any atom is -0.508 e. The van der Waals surface area contributed by atoms with Crippen LogP contribution in [0.4, 0.5) is 5.82 Å². The number of aromatic amines is 1. The lowest BCUT2D eigenvalue weighted by molar-refractivity contribution is -0.114. The van der Waals surface area contributed by atoms with Crippen molar-refractivity contribution >= 4 is 11.7 Å². The Morgan fingerprint density at radius 2 is 1.97 bits per heavy atom. The number of hydrogen-bond acceptors (Lipinski definition) is 8. The van der Waals surface area contributed by atoms with Gasteiger partial charge in [-0.05, 0) is 31.0 Å². The molecule has 11 heteroatoms. The zero-order chi connectivity index (χ0) is 24.1. The Bertz CT molecular complexity index is 1230. The van der Waals surface area contributed by atoms with Crippen LogP contribution < -0.4 is 16.6 Å². The minimum absolute atomic E-state index is 0.0633. The maximum absolute atomic E-state index is 12.5. The van der Waals surface area contributed by atoms with Gasteiger partial charge in [-0.3, -0.25) is 19.1 Å². The second kappa shape index (κ2) is 10.3. The third-order valence-electron chi connectivity index (χ3n) is 5.12. The Morgan fingerprint density at radius 3 is 2.64 bits per heavy atom. The summed E-state index contributed by atoms with van der Waals surface area (Å²) in [7, 11) is 0. The second-order valence-corrected chi connectivity index (χ2v) is 7.40. The summed E-state index contributed by atoms with van der Waals surface area (Å²) in [4.78, 5) is 42.9. The monoisotopic (exact) mass is 457 g/mol. The summed E-state index contributed by atoms with van der Waals surface area (Å²) < 4.78 is 12.0. The fraction of sp³-hybridized carbons (Fsp3) is 0.409. The third kappa shape index (κ3) is 5.37. The van der Waals surface area contributed by atoms with Crippen molar-refractivity contribution in [2.24, 2.45) is 0 Å². The fourth-order valence-corrected chi connectivity index (χ4v) is 3.48. The molecule has 3 aromatic rings. The lowest BCUT2D eigenvalue weighted by Gasteiger charge is -2.09. The van der Waals surface area contributed by atoms with E-state index in [4.69, 9.17) is 9.26 Å². The number of phenolic OH excluding ortho intramolecular Hbond substituents is 1. The van der Waals surface area contributed by atoms with Crippen molar-refractivity contribution in [1.82, 2.24) is 19.7 Å². The summed E-state index contributed by atoms with van der Waals surface area (Å²) in [6.45, 7) is 6.98. The molecular formula is C22H27N5O6. The first-order valence-corrected chi connectivity index (χ1v) is 10.7. The highest BCUT2D eigenvalue weighted by Crippen LogP contribution is 2.37. The van der Waals surface area contributed by atoms with Gasteiger partial charge in [0.25, 0.3) is 5.56 Å². The molecule has 1 aliphatic heterocycles. The molecule has 3 heterocycles. The average molecular weight is 457 g/mol. The van der Waals surface area contributed by atoms with Gasteiger partial charge in [0.15, 0.2) is 5.82 Å². The van der Waals surface area contributed by atoms with Gasteiger partial charge in [-0.1, -0.05) is 31.1 Å². The van der Waals surface area contributed by atoms with Crippen LogP contribution in [0.2, 0.25) is 0 Å². The van der Waals surface area contributed by atoms with Crippen LogP contribution in [-0.2, 0) is 16.1 Å². The van der Waals surface area contributed by atoms with E-state index >= 15 is 0 Å². The normalized spacial score (nSPS) is 17.3. The lowest BCUT2D eigenvalue weighted by atomic mass is 10.00. The number of phenols is 1. The largest absolute Gasteiger partial charge is 0.508 e. The molecule has 4 rings (SSSR count). The van der Waals surface area contributed by atoms with Crippen LogP contribution in [0.25, 0.3) is 0 Å². The molecule has 0 radical (unpaired) electrons. The number of aromatic hydroxyl groups is 1. The molecule has 3 N–H and O–H groups in total. The van der Waals surface area contributed by atoms with Gasteiger partial charge >= 0.3 is 5.69 Å². The Hall–Kier alpha value is -3.73. The van der Waals surface area contributed by atoms with Crippen molar-refractivity contribution in [3.05, 3.63) is 67.9 Å². The van der Waals surface area contributed by atoms with Gasteiger partial charge < -0.3 is 19.7 Å². The van der Waals surface area contributed by atoms with Gasteiger partial charge in [-0.15, -0.1) is 0 Å². The van der Waals surface area contributed by atoms with Gasteiger partial charge in [0.05, 0.1) is 18.3 Å². The number of nitrogens with zero attached hydrogens (tertiary/aromatic N) is 3. The minimum atomic E-state index is -0.698. The van der Waals surface area contributed by atoms with E-state index in [0.29, 0.717) is 18.9 Å². The molecule has 2 aromatic heterocycles. The van der Waals surface area contributed by atoms with Crippen LogP contribution in [0.15, 0.2) is 38.4 Å². The van der Waals surface area contributed by atoms with Crippen molar-refractivity contribution in [3.8, 4) is 5.75 Å². The molecule has 1 aromatic carbocycles.